The van der Waals surface area contributed by atoms with Crippen LogP contribution >= 0.6 is 0 Å². The summed E-state index contributed by atoms with van der Waals surface area (Å²) >= 11 is 0. The number of carbonyl (C=O) groups excluding carboxylic acids is 2. The van der Waals surface area contributed by atoms with Gasteiger partial charge in [0.2, 0.25) is 0 Å². The van der Waals surface area contributed by atoms with E-state index in [2.05, 4.69) is 15.4 Å². The van der Waals surface area contributed by atoms with Crippen LogP contribution in [0, 0.1) is 5.82 Å². The van der Waals surface area contributed by atoms with Crippen molar-refractivity contribution in [3.05, 3.63) is 29.6 Å². The quantitative estimate of drug-likeness (QED) is 0.321. The normalized spacial score (nSPS) is 17.0. The van der Waals surface area contributed by atoms with Gasteiger partial charge in [0.1, 0.15) is 23.2 Å². The van der Waals surface area contributed by atoms with E-state index in [0.717, 1.165) is 12.1 Å². The van der Waals surface area contributed by atoms with Crippen LogP contribution in [0.1, 0.15) is 10.4 Å². The molecule has 0 bridgehead atoms. The number of benzene rings is 1. The first-order valence-corrected chi connectivity index (χ1v) is 7.18. The number of halogens is 4. The molecule has 0 aromatic heterocycles. The van der Waals surface area contributed by atoms with E-state index in [4.69, 9.17) is 9.94 Å². The zero-order valence-electron chi connectivity index (χ0n) is 13.3. The van der Waals surface area contributed by atoms with Gasteiger partial charge in [-0.3, -0.25) is 14.8 Å². The third-order valence-electron chi connectivity index (χ3n) is 3.85. The second kappa shape index (κ2) is 7.43. The highest BCUT2D eigenvalue weighted by molar-refractivity contribution is 5.98. The van der Waals surface area contributed by atoms with E-state index in [0.29, 0.717) is 6.07 Å². The molecule has 0 spiro atoms. The SMILES string of the molecule is COC1(C(NC(=O)c2ccc(OC(F)(F)F)cc2F)C(=O)NO)CNC1. The molecule has 4 N–H and O–H groups in total. The summed E-state index contributed by atoms with van der Waals surface area (Å²) in [7, 11) is 1.29. The molecule has 2 rings (SSSR count). The monoisotopic (exact) mass is 381 g/mol. The molecule has 0 radical (unpaired) electrons. The molecule has 1 aromatic rings. The summed E-state index contributed by atoms with van der Waals surface area (Å²) in [4.78, 5) is 24.1. The molecule has 8 nitrogen and oxygen atoms in total. The van der Waals surface area contributed by atoms with Gasteiger partial charge < -0.3 is 20.1 Å². The summed E-state index contributed by atoms with van der Waals surface area (Å²) in [5.41, 5.74) is -0.406. The molecule has 1 aliphatic rings. The number of ether oxygens (including phenoxy) is 2. The smallest absolute Gasteiger partial charge is 0.406 e. The van der Waals surface area contributed by atoms with Crippen LogP contribution in [0.5, 0.6) is 5.75 Å². The topological polar surface area (TPSA) is 109 Å². The molecule has 1 aromatic carbocycles. The summed E-state index contributed by atoms with van der Waals surface area (Å²) in [5.74, 6) is -4.21. The maximum absolute atomic E-state index is 14.0. The lowest BCUT2D eigenvalue weighted by Crippen LogP contribution is -2.74. The minimum atomic E-state index is -5.01. The van der Waals surface area contributed by atoms with Crippen molar-refractivity contribution >= 4 is 11.8 Å². The van der Waals surface area contributed by atoms with E-state index in [1.165, 1.54) is 12.6 Å². The average molecular weight is 381 g/mol. The minimum absolute atomic E-state index is 0.169. The second-order valence-electron chi connectivity index (χ2n) is 5.44. The van der Waals surface area contributed by atoms with Crippen LogP contribution in [-0.2, 0) is 9.53 Å². The third kappa shape index (κ3) is 4.20. The van der Waals surface area contributed by atoms with Crippen LogP contribution in [0.3, 0.4) is 0 Å². The molecule has 2 amide bonds. The number of alkyl halides is 3. The molecule has 12 heteroatoms. The summed E-state index contributed by atoms with van der Waals surface area (Å²) in [6.07, 6.45) is -5.01. The van der Waals surface area contributed by atoms with E-state index in [1.807, 2.05) is 0 Å². The van der Waals surface area contributed by atoms with Crippen LogP contribution in [0.15, 0.2) is 18.2 Å². The zero-order chi connectivity index (χ0) is 19.5. The third-order valence-corrected chi connectivity index (χ3v) is 3.85. The number of hydrogen-bond donors (Lipinski definition) is 4. The van der Waals surface area contributed by atoms with E-state index >= 15 is 0 Å². The number of rotatable bonds is 6. The lowest BCUT2D eigenvalue weighted by Gasteiger charge is -2.45. The van der Waals surface area contributed by atoms with Gasteiger partial charge >= 0.3 is 6.36 Å². The number of hydroxylamine groups is 1. The molecule has 1 fully saturated rings. The molecular formula is C14H15F4N3O5. The Morgan fingerprint density at radius 3 is 2.42 bits per heavy atom. The number of methoxy groups -OCH3 is 1. The Kier molecular flexibility index (Phi) is 5.68. The Hall–Kier alpha value is -2.44. The lowest BCUT2D eigenvalue weighted by molar-refractivity contribution is -0.274. The van der Waals surface area contributed by atoms with Crippen molar-refractivity contribution in [1.29, 1.82) is 0 Å². The maximum Gasteiger partial charge on any atom is 0.573 e. The highest BCUT2D eigenvalue weighted by atomic mass is 19.4. The summed E-state index contributed by atoms with van der Waals surface area (Å²) in [6.45, 7) is 0.339. The molecule has 1 saturated heterocycles. The highest BCUT2D eigenvalue weighted by Crippen LogP contribution is 2.25. The van der Waals surface area contributed by atoms with Gasteiger partial charge in [-0.25, -0.2) is 9.87 Å². The Labute approximate surface area is 144 Å². The molecule has 1 atom stereocenters. The van der Waals surface area contributed by atoms with Crippen molar-refractivity contribution in [1.82, 2.24) is 16.1 Å². The Bertz CT molecular complexity index is 688. The van der Waals surface area contributed by atoms with Gasteiger partial charge in [0.25, 0.3) is 11.8 Å². The Morgan fingerprint density at radius 1 is 1.35 bits per heavy atom. The maximum atomic E-state index is 14.0. The van der Waals surface area contributed by atoms with E-state index in [9.17, 15) is 27.2 Å². The lowest BCUT2D eigenvalue weighted by atomic mass is 9.87. The number of hydrogen-bond acceptors (Lipinski definition) is 6. The zero-order valence-corrected chi connectivity index (χ0v) is 13.3. The standard InChI is InChI=1S/C14H15F4N3O5/c1-25-13(5-19-6-13)10(12(23)21-24)20-11(22)8-3-2-7(4-9(8)15)26-14(16,17)18/h2-4,10,19,24H,5-6H2,1H3,(H,20,22)(H,21,23). The van der Waals surface area contributed by atoms with Gasteiger partial charge in [-0.05, 0) is 12.1 Å². The van der Waals surface area contributed by atoms with Gasteiger partial charge in [0.15, 0.2) is 0 Å². The van der Waals surface area contributed by atoms with Gasteiger partial charge in [0, 0.05) is 26.3 Å². The van der Waals surface area contributed by atoms with Gasteiger partial charge in [-0.2, -0.15) is 0 Å². The Morgan fingerprint density at radius 2 is 2.00 bits per heavy atom. The van der Waals surface area contributed by atoms with Crippen LogP contribution in [-0.4, -0.2) is 55.2 Å². The minimum Gasteiger partial charge on any atom is -0.406 e. The van der Waals surface area contributed by atoms with Crippen molar-refractivity contribution < 1.29 is 41.8 Å². The molecular weight excluding hydrogens is 366 g/mol. The predicted octanol–water partition coefficient (Wildman–Crippen LogP) is 0.316. The van der Waals surface area contributed by atoms with Crippen LogP contribution in [0.2, 0.25) is 0 Å². The molecule has 0 aliphatic carbocycles. The van der Waals surface area contributed by atoms with Gasteiger partial charge in [-0.1, -0.05) is 0 Å². The second-order valence-corrected chi connectivity index (χ2v) is 5.44. The highest BCUT2D eigenvalue weighted by Gasteiger charge is 2.49. The molecule has 1 unspecified atom stereocenters. The van der Waals surface area contributed by atoms with Crippen molar-refractivity contribution in [2.24, 2.45) is 0 Å². The van der Waals surface area contributed by atoms with Crippen LogP contribution < -0.4 is 20.9 Å². The van der Waals surface area contributed by atoms with Gasteiger partial charge in [0.05, 0.1) is 5.56 Å². The Balaban J connectivity index is 2.20. The molecule has 26 heavy (non-hydrogen) atoms. The summed E-state index contributed by atoms with van der Waals surface area (Å²) in [6, 6.07) is 0.541. The van der Waals surface area contributed by atoms with Crippen molar-refractivity contribution in [3.8, 4) is 5.75 Å². The molecule has 0 saturated carbocycles. The van der Waals surface area contributed by atoms with Crippen molar-refractivity contribution in [2.75, 3.05) is 20.2 Å². The number of nitrogens with one attached hydrogen (secondary N) is 3. The number of amides is 2. The summed E-state index contributed by atoms with van der Waals surface area (Å²) in [5, 5.41) is 13.9. The summed E-state index contributed by atoms with van der Waals surface area (Å²) < 4.78 is 59.2. The van der Waals surface area contributed by atoms with E-state index in [-0.39, 0.29) is 13.1 Å². The van der Waals surface area contributed by atoms with Crippen molar-refractivity contribution in [2.45, 2.75) is 18.0 Å². The molecule has 144 valence electrons. The van der Waals surface area contributed by atoms with E-state index in [1.54, 1.807) is 0 Å². The largest absolute Gasteiger partial charge is 0.573 e. The van der Waals surface area contributed by atoms with Crippen LogP contribution in [0.25, 0.3) is 0 Å². The average Bonchev–Trinajstić information content (AvgIpc) is 2.51. The first kappa shape index (κ1) is 19.9. The fourth-order valence-corrected chi connectivity index (χ4v) is 2.42. The van der Waals surface area contributed by atoms with Crippen molar-refractivity contribution in [3.63, 3.8) is 0 Å². The molecule has 1 heterocycles. The predicted molar refractivity (Wildman–Crippen MR) is 76.9 cm³/mol. The first-order valence-electron chi connectivity index (χ1n) is 7.18. The fourth-order valence-electron chi connectivity index (χ4n) is 2.42. The van der Waals surface area contributed by atoms with E-state index < -0.39 is 46.9 Å². The molecule has 1 aliphatic heterocycles. The van der Waals surface area contributed by atoms with Crippen LogP contribution in [0.4, 0.5) is 17.6 Å². The fraction of sp³-hybridized carbons (Fsp3) is 0.429. The van der Waals surface area contributed by atoms with Gasteiger partial charge in [-0.15, -0.1) is 13.2 Å². The number of carbonyl (C=O) groups is 2. The first-order chi connectivity index (χ1) is 12.1.